The van der Waals surface area contributed by atoms with E-state index in [1.54, 1.807) is 12.3 Å². The molecule has 1 aliphatic carbocycles. The highest BCUT2D eigenvalue weighted by Gasteiger charge is 2.35. The van der Waals surface area contributed by atoms with Crippen LogP contribution in [0.5, 0.6) is 0 Å². The minimum absolute atomic E-state index is 0.354. The number of aromatic nitrogens is 1. The zero-order chi connectivity index (χ0) is 13.2. The Morgan fingerprint density at radius 2 is 2.50 bits per heavy atom. The number of thiazole rings is 1. The number of hydrogen-bond donors (Lipinski definition) is 1. The second-order valence-corrected chi connectivity index (χ2v) is 5.97. The lowest BCUT2D eigenvalue weighted by atomic mass is 9.77. The highest BCUT2D eigenvalue weighted by atomic mass is 32.1. The zero-order valence-corrected chi connectivity index (χ0v) is 11.8. The molecule has 1 aliphatic rings. The second-order valence-electron chi connectivity index (χ2n) is 5.12. The van der Waals surface area contributed by atoms with E-state index in [0.29, 0.717) is 18.2 Å². The molecule has 5 heteroatoms. The van der Waals surface area contributed by atoms with Gasteiger partial charge in [-0.05, 0) is 25.7 Å². The summed E-state index contributed by atoms with van der Waals surface area (Å²) in [5.41, 5.74) is 6.49. The molecular weight excluding hydrogens is 248 g/mol. The van der Waals surface area contributed by atoms with Gasteiger partial charge in [0, 0.05) is 5.38 Å². The third-order valence-corrected chi connectivity index (χ3v) is 4.51. The molecule has 2 N–H and O–H groups in total. The number of nitrogens with zero attached hydrogens (tertiary/aromatic N) is 1. The molecule has 0 aromatic carbocycles. The van der Waals surface area contributed by atoms with Gasteiger partial charge in [-0.15, -0.1) is 11.3 Å². The summed E-state index contributed by atoms with van der Waals surface area (Å²) < 4.78 is 4.95. The van der Waals surface area contributed by atoms with Gasteiger partial charge in [0.25, 0.3) is 0 Å². The first-order chi connectivity index (χ1) is 8.55. The molecule has 4 nitrogen and oxygen atoms in total. The second kappa shape index (κ2) is 5.36. The lowest BCUT2D eigenvalue weighted by Crippen LogP contribution is -2.41. The molecule has 0 amide bonds. The van der Waals surface area contributed by atoms with Gasteiger partial charge in [0.1, 0.15) is 5.01 Å². The van der Waals surface area contributed by atoms with Crippen LogP contribution in [0.15, 0.2) is 5.38 Å². The first-order valence-electron chi connectivity index (χ1n) is 6.47. The highest BCUT2D eigenvalue weighted by molar-refractivity contribution is 7.10. The standard InChI is InChI=1S/C13H20N2O2S/c1-3-17-11(16)10-8-18-12(15-10)13(14)6-4-5-9(2)7-13/h8-9H,3-7,14H2,1-2H3. The van der Waals surface area contributed by atoms with Crippen LogP contribution < -0.4 is 5.73 Å². The molecule has 1 fully saturated rings. The Bertz CT molecular complexity index is 432. The van der Waals surface area contributed by atoms with Crippen LogP contribution in [0.4, 0.5) is 0 Å². The molecule has 0 radical (unpaired) electrons. The van der Waals surface area contributed by atoms with Crippen molar-refractivity contribution in [1.82, 2.24) is 4.98 Å². The minimum atomic E-state index is -0.354. The summed E-state index contributed by atoms with van der Waals surface area (Å²) in [5, 5.41) is 2.62. The van der Waals surface area contributed by atoms with Gasteiger partial charge < -0.3 is 10.5 Å². The topological polar surface area (TPSA) is 65.2 Å². The maximum atomic E-state index is 11.6. The SMILES string of the molecule is CCOC(=O)c1csc(C2(N)CCCC(C)C2)n1. The average Bonchev–Trinajstić information content (AvgIpc) is 2.79. The van der Waals surface area contributed by atoms with Crippen molar-refractivity contribution in [3.8, 4) is 0 Å². The third-order valence-electron chi connectivity index (χ3n) is 3.45. The van der Waals surface area contributed by atoms with Gasteiger partial charge >= 0.3 is 5.97 Å². The van der Waals surface area contributed by atoms with E-state index < -0.39 is 0 Å². The molecule has 0 aliphatic heterocycles. The van der Waals surface area contributed by atoms with Gasteiger partial charge in [-0.25, -0.2) is 9.78 Å². The van der Waals surface area contributed by atoms with E-state index in [0.717, 1.165) is 24.3 Å². The Hall–Kier alpha value is -0.940. The zero-order valence-electron chi connectivity index (χ0n) is 10.9. The Balaban J connectivity index is 2.16. The number of rotatable bonds is 3. The van der Waals surface area contributed by atoms with Gasteiger partial charge in [-0.2, -0.15) is 0 Å². The molecule has 0 saturated heterocycles. The van der Waals surface area contributed by atoms with Crippen LogP contribution in [0.1, 0.15) is 55.0 Å². The summed E-state index contributed by atoms with van der Waals surface area (Å²) in [6.07, 6.45) is 4.26. The first kappa shape index (κ1) is 13.5. The molecule has 0 spiro atoms. The Kier molecular flexibility index (Phi) is 4.02. The third kappa shape index (κ3) is 2.72. The van der Waals surface area contributed by atoms with E-state index >= 15 is 0 Å². The summed E-state index contributed by atoms with van der Waals surface area (Å²) in [6, 6.07) is 0. The van der Waals surface area contributed by atoms with E-state index in [4.69, 9.17) is 10.5 Å². The molecule has 2 unspecified atom stereocenters. The maximum Gasteiger partial charge on any atom is 0.357 e. The number of carbonyl (C=O) groups excluding carboxylic acids is 1. The molecule has 18 heavy (non-hydrogen) atoms. The van der Waals surface area contributed by atoms with Crippen molar-refractivity contribution >= 4 is 17.3 Å². The number of carbonyl (C=O) groups is 1. The van der Waals surface area contributed by atoms with E-state index in [-0.39, 0.29) is 11.5 Å². The van der Waals surface area contributed by atoms with Crippen molar-refractivity contribution in [2.24, 2.45) is 11.7 Å². The minimum Gasteiger partial charge on any atom is -0.461 e. The van der Waals surface area contributed by atoms with Gasteiger partial charge in [0.15, 0.2) is 5.69 Å². The first-order valence-corrected chi connectivity index (χ1v) is 7.35. The van der Waals surface area contributed by atoms with Crippen molar-refractivity contribution in [2.45, 2.75) is 45.1 Å². The van der Waals surface area contributed by atoms with Crippen molar-refractivity contribution < 1.29 is 9.53 Å². The van der Waals surface area contributed by atoms with Gasteiger partial charge in [0.05, 0.1) is 12.1 Å². The molecule has 1 aromatic heterocycles. The predicted octanol–water partition coefficient (Wildman–Crippen LogP) is 2.68. The molecule has 1 saturated carbocycles. The van der Waals surface area contributed by atoms with Gasteiger partial charge in [-0.1, -0.05) is 19.8 Å². The van der Waals surface area contributed by atoms with Gasteiger partial charge in [0.2, 0.25) is 0 Å². The summed E-state index contributed by atoms with van der Waals surface area (Å²) in [4.78, 5) is 16.0. The Labute approximate surface area is 112 Å². The molecule has 2 atom stereocenters. The number of ether oxygens (including phenoxy) is 1. The smallest absolute Gasteiger partial charge is 0.357 e. The Morgan fingerprint density at radius 3 is 3.17 bits per heavy atom. The Morgan fingerprint density at radius 1 is 1.72 bits per heavy atom. The van der Waals surface area contributed by atoms with E-state index in [9.17, 15) is 4.79 Å². The highest BCUT2D eigenvalue weighted by Crippen LogP contribution is 2.38. The molecule has 0 bridgehead atoms. The normalized spacial score (nSPS) is 28.1. The van der Waals surface area contributed by atoms with Crippen molar-refractivity contribution in [3.63, 3.8) is 0 Å². The summed E-state index contributed by atoms with van der Waals surface area (Å²) in [6.45, 7) is 4.38. The van der Waals surface area contributed by atoms with E-state index in [1.807, 2.05) is 0 Å². The molecule has 1 heterocycles. The quantitative estimate of drug-likeness (QED) is 0.856. The lowest BCUT2D eigenvalue weighted by molar-refractivity contribution is 0.0520. The molecule has 100 valence electrons. The fourth-order valence-corrected chi connectivity index (χ4v) is 3.53. The predicted molar refractivity (Wildman–Crippen MR) is 71.6 cm³/mol. The average molecular weight is 268 g/mol. The monoisotopic (exact) mass is 268 g/mol. The van der Waals surface area contributed by atoms with Crippen molar-refractivity contribution in [1.29, 1.82) is 0 Å². The molecule has 1 aromatic rings. The van der Waals surface area contributed by atoms with Crippen molar-refractivity contribution in [3.05, 3.63) is 16.1 Å². The van der Waals surface area contributed by atoms with Crippen LogP contribution in [0.3, 0.4) is 0 Å². The number of hydrogen-bond acceptors (Lipinski definition) is 5. The largest absolute Gasteiger partial charge is 0.461 e. The van der Waals surface area contributed by atoms with Crippen LogP contribution in [-0.2, 0) is 10.3 Å². The fraction of sp³-hybridized carbons (Fsp3) is 0.692. The number of nitrogens with two attached hydrogens (primary N) is 1. The van der Waals surface area contributed by atoms with Crippen LogP contribution in [0, 0.1) is 5.92 Å². The molecular formula is C13H20N2O2S. The summed E-state index contributed by atoms with van der Waals surface area (Å²) in [5.74, 6) is 0.270. The van der Waals surface area contributed by atoms with E-state index in [2.05, 4.69) is 11.9 Å². The summed E-state index contributed by atoms with van der Waals surface area (Å²) >= 11 is 1.47. The van der Waals surface area contributed by atoms with Crippen molar-refractivity contribution in [2.75, 3.05) is 6.61 Å². The van der Waals surface area contributed by atoms with E-state index in [1.165, 1.54) is 17.8 Å². The van der Waals surface area contributed by atoms with Crippen LogP contribution in [-0.4, -0.2) is 17.6 Å². The maximum absolute atomic E-state index is 11.6. The van der Waals surface area contributed by atoms with Crippen LogP contribution >= 0.6 is 11.3 Å². The van der Waals surface area contributed by atoms with Gasteiger partial charge in [-0.3, -0.25) is 0 Å². The number of esters is 1. The van der Waals surface area contributed by atoms with Crippen LogP contribution in [0.25, 0.3) is 0 Å². The van der Waals surface area contributed by atoms with Crippen LogP contribution in [0.2, 0.25) is 0 Å². The lowest BCUT2D eigenvalue weighted by Gasteiger charge is -2.35. The molecule has 2 rings (SSSR count). The fourth-order valence-electron chi connectivity index (χ4n) is 2.59. The summed E-state index contributed by atoms with van der Waals surface area (Å²) in [7, 11) is 0.